The maximum atomic E-state index is 6.12. The minimum Gasteiger partial charge on any atom is -0.370 e. The van der Waals surface area contributed by atoms with Gasteiger partial charge in [-0.1, -0.05) is 26.7 Å². The molecule has 2 rings (SSSR count). The second-order valence-corrected chi connectivity index (χ2v) is 7.47. The zero-order valence-corrected chi connectivity index (χ0v) is 15.4. The standard InChI is InChI=1S/C14H27N3S.HI/c1-14(2,12-5-3-4-6-12)11-16-13(15)17-7-9-18-10-8-17;/h12H,3-11H2,1-2H3,(H2,15,16);1H. The van der Waals surface area contributed by atoms with Crippen LogP contribution in [-0.2, 0) is 0 Å². The normalized spacial score (nSPS) is 22.4. The van der Waals surface area contributed by atoms with Crippen LogP contribution in [0.2, 0.25) is 0 Å². The van der Waals surface area contributed by atoms with Crippen molar-refractivity contribution in [1.29, 1.82) is 0 Å². The van der Waals surface area contributed by atoms with Gasteiger partial charge in [-0.15, -0.1) is 24.0 Å². The van der Waals surface area contributed by atoms with E-state index in [-0.39, 0.29) is 24.0 Å². The van der Waals surface area contributed by atoms with Gasteiger partial charge in [0.05, 0.1) is 0 Å². The number of rotatable bonds is 3. The number of aliphatic imine (C=N–C) groups is 1. The molecule has 1 saturated heterocycles. The predicted octanol–water partition coefficient (Wildman–Crippen LogP) is 3.18. The summed E-state index contributed by atoms with van der Waals surface area (Å²) in [5.74, 6) is 3.97. The molecule has 112 valence electrons. The van der Waals surface area contributed by atoms with E-state index in [4.69, 9.17) is 5.73 Å². The van der Waals surface area contributed by atoms with E-state index in [9.17, 15) is 0 Å². The quantitative estimate of drug-likeness (QED) is 0.452. The fourth-order valence-corrected chi connectivity index (χ4v) is 3.92. The van der Waals surface area contributed by atoms with Crippen molar-refractivity contribution in [3.05, 3.63) is 0 Å². The van der Waals surface area contributed by atoms with Crippen molar-refractivity contribution < 1.29 is 0 Å². The van der Waals surface area contributed by atoms with E-state index in [2.05, 4.69) is 23.7 Å². The third-order valence-electron chi connectivity index (χ3n) is 4.44. The summed E-state index contributed by atoms with van der Waals surface area (Å²) in [6, 6.07) is 0. The van der Waals surface area contributed by atoms with Gasteiger partial charge in [0.25, 0.3) is 0 Å². The molecule has 2 fully saturated rings. The number of hydrogen-bond acceptors (Lipinski definition) is 2. The van der Waals surface area contributed by atoms with Crippen molar-refractivity contribution in [2.24, 2.45) is 22.1 Å². The lowest BCUT2D eigenvalue weighted by atomic mass is 9.78. The highest BCUT2D eigenvalue weighted by atomic mass is 127. The van der Waals surface area contributed by atoms with Crippen LogP contribution in [0.3, 0.4) is 0 Å². The van der Waals surface area contributed by atoms with Crippen molar-refractivity contribution in [3.63, 3.8) is 0 Å². The van der Waals surface area contributed by atoms with Crippen LogP contribution in [0.5, 0.6) is 0 Å². The lowest BCUT2D eigenvalue weighted by molar-refractivity contribution is 0.227. The van der Waals surface area contributed by atoms with Gasteiger partial charge >= 0.3 is 0 Å². The number of thioether (sulfide) groups is 1. The van der Waals surface area contributed by atoms with Gasteiger partial charge in [0, 0.05) is 31.1 Å². The van der Waals surface area contributed by atoms with Crippen molar-refractivity contribution in [2.45, 2.75) is 39.5 Å². The topological polar surface area (TPSA) is 41.6 Å². The van der Waals surface area contributed by atoms with Crippen LogP contribution in [0.1, 0.15) is 39.5 Å². The molecule has 0 aromatic carbocycles. The van der Waals surface area contributed by atoms with E-state index in [1.807, 2.05) is 11.8 Å². The van der Waals surface area contributed by atoms with E-state index in [1.54, 1.807) is 0 Å². The van der Waals surface area contributed by atoms with Gasteiger partial charge in [-0.2, -0.15) is 11.8 Å². The first-order valence-corrected chi connectivity index (χ1v) is 8.38. The SMILES string of the molecule is CC(C)(CN=C(N)N1CCSCC1)C1CCCC1.I. The molecule has 3 nitrogen and oxygen atoms in total. The molecule has 2 aliphatic rings. The molecule has 1 heterocycles. The molecule has 0 unspecified atom stereocenters. The fraction of sp³-hybridized carbons (Fsp3) is 0.929. The van der Waals surface area contributed by atoms with E-state index in [0.717, 1.165) is 31.5 Å². The van der Waals surface area contributed by atoms with Gasteiger partial charge in [-0.25, -0.2) is 0 Å². The molecule has 1 aliphatic carbocycles. The summed E-state index contributed by atoms with van der Waals surface area (Å²) in [5.41, 5.74) is 6.43. The fourth-order valence-electron chi connectivity index (χ4n) is 3.01. The van der Waals surface area contributed by atoms with Crippen molar-refractivity contribution >= 4 is 41.7 Å². The Hall–Kier alpha value is 0.350. The number of guanidine groups is 1. The number of nitrogens with zero attached hydrogens (tertiary/aromatic N) is 2. The van der Waals surface area contributed by atoms with Crippen LogP contribution >= 0.6 is 35.7 Å². The molecule has 0 atom stereocenters. The smallest absolute Gasteiger partial charge is 0.191 e. The lowest BCUT2D eigenvalue weighted by Crippen LogP contribution is -2.43. The molecular weight excluding hydrogens is 369 g/mol. The monoisotopic (exact) mass is 397 g/mol. The first-order valence-electron chi connectivity index (χ1n) is 7.22. The van der Waals surface area contributed by atoms with Crippen molar-refractivity contribution in [1.82, 2.24) is 4.90 Å². The molecule has 5 heteroatoms. The van der Waals surface area contributed by atoms with Crippen LogP contribution in [0.15, 0.2) is 4.99 Å². The summed E-state index contributed by atoms with van der Waals surface area (Å²) in [4.78, 5) is 6.91. The third-order valence-corrected chi connectivity index (χ3v) is 5.39. The molecule has 1 aliphatic heterocycles. The van der Waals surface area contributed by atoms with Crippen LogP contribution in [-0.4, -0.2) is 42.0 Å². The summed E-state index contributed by atoms with van der Waals surface area (Å²) < 4.78 is 0. The zero-order chi connectivity index (χ0) is 13.0. The second kappa shape index (κ2) is 7.96. The van der Waals surface area contributed by atoms with Crippen LogP contribution in [0, 0.1) is 11.3 Å². The van der Waals surface area contributed by atoms with Gasteiger partial charge in [0.2, 0.25) is 0 Å². The molecule has 0 amide bonds. The highest BCUT2D eigenvalue weighted by Gasteiger charge is 2.31. The Kier molecular flexibility index (Phi) is 7.29. The van der Waals surface area contributed by atoms with E-state index in [0.29, 0.717) is 5.41 Å². The Labute approximate surface area is 139 Å². The number of hydrogen-bond donors (Lipinski definition) is 1. The molecule has 1 saturated carbocycles. The Bertz CT molecular complexity index is 295. The summed E-state index contributed by atoms with van der Waals surface area (Å²) >= 11 is 2.01. The molecule has 0 bridgehead atoms. The Morgan fingerprint density at radius 3 is 2.42 bits per heavy atom. The Morgan fingerprint density at radius 1 is 1.26 bits per heavy atom. The van der Waals surface area contributed by atoms with E-state index >= 15 is 0 Å². The first kappa shape index (κ1) is 17.4. The lowest BCUT2D eigenvalue weighted by Gasteiger charge is -2.32. The zero-order valence-electron chi connectivity index (χ0n) is 12.2. The summed E-state index contributed by atoms with van der Waals surface area (Å²) in [6.45, 7) is 7.71. The number of nitrogens with two attached hydrogens (primary N) is 1. The minimum absolute atomic E-state index is 0. The highest BCUT2D eigenvalue weighted by Crippen LogP contribution is 2.39. The second-order valence-electron chi connectivity index (χ2n) is 6.24. The molecular formula is C14H28IN3S. The van der Waals surface area contributed by atoms with E-state index in [1.165, 1.54) is 37.2 Å². The Morgan fingerprint density at radius 2 is 1.84 bits per heavy atom. The minimum atomic E-state index is 0. The van der Waals surface area contributed by atoms with Crippen molar-refractivity contribution in [3.8, 4) is 0 Å². The van der Waals surface area contributed by atoms with Gasteiger partial charge in [-0.05, 0) is 24.2 Å². The van der Waals surface area contributed by atoms with Gasteiger partial charge in [-0.3, -0.25) is 4.99 Å². The Balaban J connectivity index is 0.00000180. The van der Waals surface area contributed by atoms with Crippen LogP contribution < -0.4 is 5.73 Å². The summed E-state index contributed by atoms with van der Waals surface area (Å²) in [7, 11) is 0. The average Bonchev–Trinajstić information content (AvgIpc) is 2.92. The third kappa shape index (κ3) is 4.99. The molecule has 19 heavy (non-hydrogen) atoms. The van der Waals surface area contributed by atoms with Crippen molar-refractivity contribution in [2.75, 3.05) is 31.1 Å². The van der Waals surface area contributed by atoms with Crippen LogP contribution in [0.25, 0.3) is 0 Å². The molecule has 0 radical (unpaired) electrons. The molecule has 2 N–H and O–H groups in total. The largest absolute Gasteiger partial charge is 0.370 e. The van der Waals surface area contributed by atoms with Gasteiger partial charge in [0.1, 0.15) is 0 Å². The summed E-state index contributed by atoms with van der Waals surface area (Å²) in [5, 5.41) is 0. The maximum Gasteiger partial charge on any atom is 0.191 e. The van der Waals surface area contributed by atoms with Gasteiger partial charge < -0.3 is 10.6 Å². The molecule has 0 spiro atoms. The first-order chi connectivity index (χ1) is 8.59. The summed E-state index contributed by atoms with van der Waals surface area (Å²) in [6.07, 6.45) is 5.55. The van der Waals surface area contributed by atoms with E-state index < -0.39 is 0 Å². The van der Waals surface area contributed by atoms with Gasteiger partial charge in [0.15, 0.2) is 5.96 Å². The van der Waals surface area contributed by atoms with Crippen LogP contribution in [0.4, 0.5) is 0 Å². The maximum absolute atomic E-state index is 6.12. The molecule has 0 aromatic heterocycles. The average molecular weight is 397 g/mol. The number of halogens is 1. The predicted molar refractivity (Wildman–Crippen MR) is 96.5 cm³/mol. The highest BCUT2D eigenvalue weighted by molar-refractivity contribution is 14.0. The molecule has 0 aromatic rings.